The predicted octanol–water partition coefficient (Wildman–Crippen LogP) is 0.0299. The molecule has 3 heteroatoms. The number of rotatable bonds is 2. The summed E-state index contributed by atoms with van der Waals surface area (Å²) in [5, 5.41) is 10.8. The molecule has 0 bridgehead atoms. The molecule has 0 aliphatic rings. The molecular weight excluding hydrogens is 118 g/mol. The Hall–Kier alpha value is -1.17. The van der Waals surface area contributed by atoms with Crippen molar-refractivity contribution >= 4 is 5.97 Å². The van der Waals surface area contributed by atoms with Crippen LogP contribution in [0.15, 0.2) is 0 Å². The molecule has 0 saturated carbocycles. The van der Waals surface area contributed by atoms with Crippen LogP contribution in [0, 0.1) is 12.5 Å². The third-order valence-electron chi connectivity index (χ3n) is 0.919. The summed E-state index contributed by atoms with van der Waals surface area (Å²) in [6, 6.07) is 2.06. The Labute approximate surface area is 54.1 Å². The van der Waals surface area contributed by atoms with E-state index in [1.807, 2.05) is 0 Å². The van der Waals surface area contributed by atoms with Crippen LogP contribution in [-0.2, 0) is 4.79 Å². The fourth-order valence-corrected chi connectivity index (χ4v) is 0.234. The zero-order valence-electron chi connectivity index (χ0n) is 5.43. The van der Waals surface area contributed by atoms with Gasteiger partial charge in [-0.3, -0.25) is 0 Å². The number of nitrogens with one attached hydrogen (secondary N) is 1. The van der Waals surface area contributed by atoms with Gasteiger partial charge in [0.2, 0.25) is 0 Å². The summed E-state index contributed by atoms with van der Waals surface area (Å²) in [4.78, 5) is 10.3. The predicted molar refractivity (Wildman–Crippen MR) is 33.7 cm³/mol. The topological polar surface area (TPSA) is 49.3 Å². The largest absolute Gasteiger partial charge is 0.480 e. The second-order valence-electron chi connectivity index (χ2n) is 2.20. The van der Waals surface area contributed by atoms with E-state index in [4.69, 9.17) is 11.5 Å². The van der Waals surface area contributed by atoms with Crippen LogP contribution >= 0.6 is 0 Å². The normalized spacial score (nSPS) is 9.89. The number of carboxylic acids is 1. The summed E-state index contributed by atoms with van der Waals surface area (Å²) in [6.45, 7) is 2.99. The molecule has 2 N–H and O–H groups in total. The quantitative estimate of drug-likeness (QED) is 0.406. The minimum absolute atomic E-state index is 0.958. The maximum absolute atomic E-state index is 10.3. The molecule has 0 rings (SSSR count). The van der Waals surface area contributed by atoms with Crippen molar-refractivity contribution in [3.05, 3.63) is 0 Å². The van der Waals surface area contributed by atoms with E-state index in [2.05, 4.69) is 11.4 Å². The highest BCUT2D eigenvalue weighted by atomic mass is 16.4. The van der Waals surface area contributed by atoms with E-state index in [0.717, 1.165) is 0 Å². The van der Waals surface area contributed by atoms with E-state index >= 15 is 0 Å². The van der Waals surface area contributed by atoms with Crippen LogP contribution in [0.25, 0.3) is 0 Å². The van der Waals surface area contributed by atoms with Gasteiger partial charge in [-0.2, -0.15) is 0 Å². The molecule has 50 valence electrons. The molecule has 0 fully saturated rings. The van der Waals surface area contributed by atoms with Gasteiger partial charge in [-0.25, -0.2) is 4.79 Å². The van der Waals surface area contributed by atoms with Gasteiger partial charge in [0.15, 0.2) is 0 Å². The van der Waals surface area contributed by atoms with Gasteiger partial charge in [-0.15, -0.1) is 0 Å². The number of hydrogen-bond donors (Lipinski definition) is 2. The lowest BCUT2D eigenvalue weighted by Gasteiger charge is -2.16. The van der Waals surface area contributed by atoms with Gasteiger partial charge in [0.25, 0.3) is 0 Å². The minimum Gasteiger partial charge on any atom is -0.480 e. The SMILES string of the molecule is C#CNC(C)(C)C(=O)O. The van der Waals surface area contributed by atoms with E-state index in [-0.39, 0.29) is 0 Å². The molecule has 0 unspecified atom stereocenters. The van der Waals surface area contributed by atoms with E-state index in [1.54, 1.807) is 0 Å². The Morgan fingerprint density at radius 2 is 2.22 bits per heavy atom. The van der Waals surface area contributed by atoms with Crippen molar-refractivity contribution in [2.45, 2.75) is 19.4 Å². The monoisotopic (exact) mass is 127 g/mol. The van der Waals surface area contributed by atoms with Crippen LogP contribution in [0.1, 0.15) is 13.8 Å². The molecule has 0 aromatic heterocycles. The van der Waals surface area contributed by atoms with Gasteiger partial charge in [0.05, 0.1) is 0 Å². The van der Waals surface area contributed by atoms with Crippen molar-refractivity contribution in [1.82, 2.24) is 5.32 Å². The zero-order valence-corrected chi connectivity index (χ0v) is 5.43. The Morgan fingerprint density at radius 1 is 1.78 bits per heavy atom. The maximum Gasteiger partial charge on any atom is 0.329 e. The van der Waals surface area contributed by atoms with Crippen LogP contribution in [0.3, 0.4) is 0 Å². The Balaban J connectivity index is 4.06. The Bertz CT molecular complexity index is 155. The van der Waals surface area contributed by atoms with Crippen molar-refractivity contribution < 1.29 is 9.90 Å². The average Bonchev–Trinajstić information content (AvgIpc) is 1.65. The van der Waals surface area contributed by atoms with Gasteiger partial charge in [0, 0.05) is 6.04 Å². The van der Waals surface area contributed by atoms with Crippen LogP contribution in [0.2, 0.25) is 0 Å². The van der Waals surface area contributed by atoms with Crippen LogP contribution in [0.5, 0.6) is 0 Å². The van der Waals surface area contributed by atoms with Gasteiger partial charge in [0.1, 0.15) is 5.54 Å². The highest BCUT2D eigenvalue weighted by Crippen LogP contribution is 1.99. The first-order valence-electron chi connectivity index (χ1n) is 2.47. The van der Waals surface area contributed by atoms with Crippen molar-refractivity contribution in [3.63, 3.8) is 0 Å². The smallest absolute Gasteiger partial charge is 0.329 e. The van der Waals surface area contributed by atoms with E-state index in [1.165, 1.54) is 13.8 Å². The highest BCUT2D eigenvalue weighted by molar-refractivity contribution is 5.77. The molecule has 0 heterocycles. The first kappa shape index (κ1) is 7.83. The molecule has 0 amide bonds. The molecule has 0 aromatic carbocycles. The molecule has 0 radical (unpaired) electrons. The molecule has 0 atom stereocenters. The van der Waals surface area contributed by atoms with Crippen molar-refractivity contribution in [2.75, 3.05) is 0 Å². The standard InChI is InChI=1S/C6H9NO2/c1-4-7-6(2,3)5(8)9/h1,7H,2-3H3,(H,8,9). The minimum atomic E-state index is -1.02. The number of hydrogen-bond acceptors (Lipinski definition) is 2. The summed E-state index contributed by atoms with van der Waals surface area (Å²) >= 11 is 0. The fourth-order valence-electron chi connectivity index (χ4n) is 0.234. The molecule has 3 nitrogen and oxygen atoms in total. The maximum atomic E-state index is 10.3. The summed E-state index contributed by atoms with van der Waals surface area (Å²) in [7, 11) is 0. The van der Waals surface area contributed by atoms with Gasteiger partial charge in [-0.05, 0) is 13.8 Å². The molecule has 0 aliphatic carbocycles. The van der Waals surface area contributed by atoms with Crippen LogP contribution in [-0.4, -0.2) is 16.6 Å². The molecule has 0 aliphatic heterocycles. The molecular formula is C6H9NO2. The Morgan fingerprint density at radius 3 is 2.33 bits per heavy atom. The molecule has 9 heavy (non-hydrogen) atoms. The zero-order chi connectivity index (χ0) is 7.49. The second-order valence-corrected chi connectivity index (χ2v) is 2.20. The van der Waals surface area contributed by atoms with Crippen LogP contribution in [0.4, 0.5) is 0 Å². The third kappa shape index (κ3) is 2.04. The molecule has 0 saturated heterocycles. The van der Waals surface area contributed by atoms with Crippen LogP contribution < -0.4 is 5.32 Å². The van der Waals surface area contributed by atoms with Gasteiger partial charge in [-0.1, -0.05) is 6.42 Å². The lowest BCUT2D eigenvalue weighted by molar-refractivity contribution is -0.142. The van der Waals surface area contributed by atoms with E-state index < -0.39 is 11.5 Å². The second kappa shape index (κ2) is 2.40. The Kier molecular flexibility index (Phi) is 2.09. The third-order valence-corrected chi connectivity index (χ3v) is 0.919. The summed E-state index contributed by atoms with van der Waals surface area (Å²) in [5.41, 5.74) is -1.02. The van der Waals surface area contributed by atoms with Crippen molar-refractivity contribution in [2.24, 2.45) is 0 Å². The van der Waals surface area contributed by atoms with E-state index in [0.29, 0.717) is 0 Å². The fraction of sp³-hybridized carbons (Fsp3) is 0.500. The highest BCUT2D eigenvalue weighted by Gasteiger charge is 2.24. The van der Waals surface area contributed by atoms with Crippen molar-refractivity contribution in [3.8, 4) is 12.5 Å². The van der Waals surface area contributed by atoms with Gasteiger partial charge >= 0.3 is 5.97 Å². The lowest BCUT2D eigenvalue weighted by atomic mass is 10.1. The number of terminal acetylenes is 1. The first-order valence-corrected chi connectivity index (χ1v) is 2.47. The molecule has 0 aromatic rings. The van der Waals surface area contributed by atoms with E-state index in [9.17, 15) is 4.79 Å². The number of carboxylic acid groups (broad SMARTS) is 1. The number of aliphatic carboxylic acids is 1. The summed E-state index contributed by atoms with van der Waals surface area (Å²) in [6.07, 6.45) is 4.83. The van der Waals surface area contributed by atoms with Crippen molar-refractivity contribution in [1.29, 1.82) is 0 Å². The number of carbonyl (C=O) groups is 1. The summed E-state index contributed by atoms with van der Waals surface area (Å²) < 4.78 is 0. The summed E-state index contributed by atoms with van der Waals surface area (Å²) in [5.74, 6) is -0.958. The lowest BCUT2D eigenvalue weighted by Crippen LogP contribution is -2.43. The molecule has 0 spiro atoms. The van der Waals surface area contributed by atoms with Gasteiger partial charge < -0.3 is 10.4 Å². The first-order chi connectivity index (χ1) is 4.00. The average molecular weight is 127 g/mol.